The molecule has 3 aliphatic rings. The molecule has 2 atom stereocenters. The van der Waals surface area contributed by atoms with E-state index in [-0.39, 0.29) is 25.4 Å². The van der Waals surface area contributed by atoms with Crippen molar-refractivity contribution in [1.29, 1.82) is 5.26 Å². The maximum absolute atomic E-state index is 10.1. The molecule has 3 saturated heterocycles. The number of rotatable bonds is 8. The molecule has 9 nitrogen and oxygen atoms in total. The van der Waals surface area contributed by atoms with Gasteiger partial charge in [0.2, 0.25) is 0 Å². The third-order valence-corrected chi connectivity index (χ3v) is 6.56. The summed E-state index contributed by atoms with van der Waals surface area (Å²) in [5.41, 5.74) is 1.43. The predicted molar refractivity (Wildman–Crippen MR) is 148 cm³/mol. The van der Waals surface area contributed by atoms with E-state index < -0.39 is 30.6 Å². The number of benzene rings is 1. The van der Waals surface area contributed by atoms with Gasteiger partial charge in [0.1, 0.15) is 30.0 Å². The van der Waals surface area contributed by atoms with Crippen molar-refractivity contribution in [2.45, 2.75) is 44.4 Å². The van der Waals surface area contributed by atoms with Crippen LogP contribution in [-0.2, 0) is 6.54 Å². The second-order valence-corrected chi connectivity index (χ2v) is 10.1. The molecule has 0 aliphatic carbocycles. The Kier molecular flexibility index (Phi) is 4.81. The Morgan fingerprint density at radius 3 is 2.56 bits per heavy atom. The summed E-state index contributed by atoms with van der Waals surface area (Å²) >= 11 is 0. The number of hydrogen-bond donors (Lipinski definition) is 1. The maximum Gasteiger partial charge on any atom is 0.138 e. The van der Waals surface area contributed by atoms with Crippen LogP contribution in [0.1, 0.15) is 39.6 Å². The topological polar surface area (TPSA) is 99.1 Å². The fourth-order valence-electron chi connectivity index (χ4n) is 4.54. The lowest BCUT2D eigenvalue weighted by atomic mass is 9.86. The minimum absolute atomic E-state index is 0.000132. The van der Waals surface area contributed by atoms with Gasteiger partial charge in [-0.25, -0.2) is 9.50 Å². The van der Waals surface area contributed by atoms with E-state index in [9.17, 15) is 10.4 Å². The van der Waals surface area contributed by atoms with E-state index in [2.05, 4.69) is 16.2 Å². The molecule has 1 aromatic carbocycles. The summed E-state index contributed by atoms with van der Waals surface area (Å²) in [5.74, 6) is 0.927. The Bertz CT molecular complexity index is 1780. The standard InChI is InChI=1S/C30H32N6O3/c1-30(2,37)19-39-26-11-27(29-22(12-31)14-33-36(29)18-26)21-6-9-28(32-13-21)34-16-23-10-24(17-34)35(23)15-20-4-7-25(38-3)8-5-20/h4-9,11,13-14,18,23-24,37H,10,15-17,19H2,1-3H3/i16D2,17D2,23D,24D. The van der Waals surface area contributed by atoms with Crippen LogP contribution in [-0.4, -0.2) is 69.0 Å². The molecule has 1 N–H and O–H groups in total. The van der Waals surface area contributed by atoms with Crippen molar-refractivity contribution >= 4 is 11.3 Å². The molecule has 9 heteroatoms. The number of nitrogens with zero attached hydrogens (tertiary/aromatic N) is 6. The lowest BCUT2D eigenvalue weighted by Gasteiger charge is -2.56. The summed E-state index contributed by atoms with van der Waals surface area (Å²) in [4.78, 5) is 6.50. The molecule has 2 unspecified atom stereocenters. The monoisotopic (exact) mass is 530 g/mol. The predicted octanol–water partition coefficient (Wildman–Crippen LogP) is 3.89. The van der Waals surface area contributed by atoms with E-state index in [0.717, 1.165) is 4.90 Å². The second-order valence-electron chi connectivity index (χ2n) is 10.1. The molecule has 0 radical (unpaired) electrons. The van der Waals surface area contributed by atoms with Gasteiger partial charge in [-0.15, -0.1) is 0 Å². The van der Waals surface area contributed by atoms with E-state index in [1.807, 2.05) is 0 Å². The summed E-state index contributed by atoms with van der Waals surface area (Å²) in [6.07, 6.45) is 4.10. The Morgan fingerprint density at radius 2 is 1.92 bits per heavy atom. The van der Waals surface area contributed by atoms with Gasteiger partial charge >= 0.3 is 0 Å². The number of piperidine rings is 1. The third-order valence-electron chi connectivity index (χ3n) is 6.56. The lowest BCUT2D eigenvalue weighted by molar-refractivity contribution is -0.00868. The first-order valence-corrected chi connectivity index (χ1v) is 12.5. The smallest absolute Gasteiger partial charge is 0.138 e. The number of anilines is 1. The number of aliphatic hydroxyl groups is 1. The fraction of sp³-hybridized carbons (Fsp3) is 0.367. The van der Waals surface area contributed by atoms with Crippen LogP contribution < -0.4 is 14.4 Å². The van der Waals surface area contributed by atoms with Crippen LogP contribution in [0.4, 0.5) is 5.82 Å². The third kappa shape index (κ3) is 5.01. The first-order valence-electron chi connectivity index (χ1n) is 15.5. The van der Waals surface area contributed by atoms with Gasteiger partial charge in [-0.1, -0.05) is 12.1 Å². The maximum atomic E-state index is 10.1. The summed E-state index contributed by atoms with van der Waals surface area (Å²) in [5, 5.41) is 24.1. The van der Waals surface area contributed by atoms with E-state index in [0.29, 0.717) is 39.3 Å². The lowest BCUT2D eigenvalue weighted by Crippen LogP contribution is -2.68. The second kappa shape index (κ2) is 9.88. The molecule has 200 valence electrons. The Balaban J connectivity index is 1.36. The summed E-state index contributed by atoms with van der Waals surface area (Å²) in [6.45, 7) is -1.92. The van der Waals surface area contributed by atoms with Crippen molar-refractivity contribution in [3.8, 4) is 28.7 Å². The highest BCUT2D eigenvalue weighted by atomic mass is 16.5. The zero-order chi connectivity index (χ0) is 32.6. The SMILES string of the molecule is [2H]C1([2H])N(c2ccc(-c3cc(OCC(C)(C)O)cn4ncc(C#N)c34)cn2)C([2H])([2H])C2([2H])CC1([2H])N2Cc1ccc(OC)cc1. The molecule has 0 amide bonds. The fourth-order valence-corrected chi connectivity index (χ4v) is 4.54. The quantitative estimate of drug-likeness (QED) is 0.366. The van der Waals surface area contributed by atoms with Gasteiger partial charge in [0.25, 0.3) is 0 Å². The molecule has 2 bridgehead atoms. The van der Waals surface area contributed by atoms with Gasteiger partial charge < -0.3 is 19.5 Å². The molecule has 6 heterocycles. The average Bonchev–Trinajstić information content (AvgIpc) is 3.41. The van der Waals surface area contributed by atoms with Crippen molar-refractivity contribution in [3.63, 3.8) is 0 Å². The van der Waals surface area contributed by atoms with Gasteiger partial charge in [0.05, 0.1) is 41.7 Å². The molecule has 39 heavy (non-hydrogen) atoms. The summed E-state index contributed by atoms with van der Waals surface area (Å²) in [6, 6.07) is 9.96. The van der Waals surface area contributed by atoms with Crippen molar-refractivity contribution in [3.05, 3.63) is 72.2 Å². The number of fused-ring (bicyclic) bond motifs is 3. The van der Waals surface area contributed by atoms with Gasteiger partial charge in [-0.2, -0.15) is 10.4 Å². The largest absolute Gasteiger partial charge is 0.497 e. The van der Waals surface area contributed by atoms with E-state index in [1.165, 1.54) is 35.0 Å². The van der Waals surface area contributed by atoms with E-state index >= 15 is 0 Å². The molecular weight excluding hydrogens is 492 g/mol. The summed E-state index contributed by atoms with van der Waals surface area (Å²) in [7, 11) is 1.54. The number of hydrogen-bond acceptors (Lipinski definition) is 8. The zero-order valence-electron chi connectivity index (χ0n) is 27.8. The minimum Gasteiger partial charge on any atom is -0.497 e. The zero-order valence-corrected chi connectivity index (χ0v) is 21.8. The molecular formula is C30H32N6O3. The first-order chi connectivity index (χ1) is 21.1. The highest BCUT2D eigenvalue weighted by molar-refractivity contribution is 5.85. The van der Waals surface area contributed by atoms with Crippen LogP contribution in [0, 0.1) is 11.3 Å². The van der Waals surface area contributed by atoms with Crippen LogP contribution in [0.2, 0.25) is 0 Å². The summed E-state index contributed by atoms with van der Waals surface area (Å²) < 4.78 is 67.0. The van der Waals surface area contributed by atoms with Gasteiger partial charge in [0, 0.05) is 51.6 Å². The molecule has 3 fully saturated rings. The van der Waals surface area contributed by atoms with Crippen LogP contribution in [0.15, 0.2) is 61.1 Å². The molecule has 4 aromatic rings. The van der Waals surface area contributed by atoms with Gasteiger partial charge in [0.15, 0.2) is 0 Å². The Hall–Kier alpha value is -4.13. The molecule has 3 aromatic heterocycles. The normalized spacial score (nSPS) is 27.6. The molecule has 7 rings (SSSR count). The average molecular weight is 531 g/mol. The van der Waals surface area contributed by atoms with Crippen molar-refractivity contribution in [1.82, 2.24) is 19.5 Å². The minimum atomic E-state index is -2.57. The van der Waals surface area contributed by atoms with Crippen LogP contribution >= 0.6 is 0 Å². The number of nitriles is 1. The Morgan fingerprint density at radius 1 is 1.15 bits per heavy atom. The number of aromatic nitrogens is 3. The van der Waals surface area contributed by atoms with E-state index in [1.54, 1.807) is 56.4 Å². The number of pyridine rings is 2. The van der Waals surface area contributed by atoms with Gasteiger partial charge in [-0.05, 0) is 56.2 Å². The molecule has 0 saturated carbocycles. The van der Waals surface area contributed by atoms with Gasteiger partial charge in [-0.3, -0.25) is 4.90 Å². The number of ether oxygens (including phenoxy) is 2. The first kappa shape index (κ1) is 19.0. The van der Waals surface area contributed by atoms with Crippen LogP contribution in [0.25, 0.3) is 16.6 Å². The number of methoxy groups -OCH3 is 1. The Labute approximate surface area is 236 Å². The molecule has 0 spiro atoms. The van der Waals surface area contributed by atoms with Crippen molar-refractivity contribution in [2.75, 3.05) is 31.6 Å². The highest BCUT2D eigenvalue weighted by Crippen LogP contribution is 2.37. The van der Waals surface area contributed by atoms with Crippen LogP contribution in [0.3, 0.4) is 0 Å². The van der Waals surface area contributed by atoms with E-state index in [4.69, 9.17) is 17.7 Å². The number of piperazine rings is 1. The van der Waals surface area contributed by atoms with Crippen LogP contribution in [0.5, 0.6) is 11.5 Å². The molecule has 3 aliphatic heterocycles. The van der Waals surface area contributed by atoms with Crippen molar-refractivity contribution < 1.29 is 22.8 Å². The van der Waals surface area contributed by atoms with Crippen molar-refractivity contribution in [2.24, 2.45) is 0 Å². The highest BCUT2D eigenvalue weighted by Gasteiger charge is 2.44.